The second-order valence-electron chi connectivity index (χ2n) is 3.98. The van der Waals surface area contributed by atoms with Gasteiger partial charge in [-0.25, -0.2) is 0 Å². The Labute approximate surface area is 104 Å². The molecule has 96 valence electrons. The van der Waals surface area contributed by atoms with Crippen molar-refractivity contribution in [2.45, 2.75) is 45.3 Å². The van der Waals surface area contributed by atoms with Crippen molar-refractivity contribution in [3.05, 3.63) is 0 Å². The van der Waals surface area contributed by atoms with Crippen LogP contribution in [0.15, 0.2) is 0 Å². The standard InChI is InChI=1S/C11H22N2O2.ClH/c1-3-7-13(4-2)11(14)10-6-5-9(8-12)15-10;/h9-10H,3-8,12H2,1-2H3;1H/t9-,10+;/m1./s1. The van der Waals surface area contributed by atoms with Gasteiger partial charge in [0.25, 0.3) is 5.91 Å². The van der Waals surface area contributed by atoms with E-state index in [1.54, 1.807) is 0 Å². The second-order valence-corrected chi connectivity index (χ2v) is 3.98. The van der Waals surface area contributed by atoms with Gasteiger partial charge in [-0.3, -0.25) is 4.79 Å². The summed E-state index contributed by atoms with van der Waals surface area (Å²) in [5, 5.41) is 0. The maximum absolute atomic E-state index is 12.0. The average molecular weight is 251 g/mol. The van der Waals surface area contributed by atoms with E-state index in [0.717, 1.165) is 32.4 Å². The van der Waals surface area contributed by atoms with Crippen molar-refractivity contribution in [1.29, 1.82) is 0 Å². The fourth-order valence-corrected chi connectivity index (χ4v) is 1.96. The number of amides is 1. The molecule has 0 unspecified atom stereocenters. The minimum Gasteiger partial charge on any atom is -0.364 e. The van der Waals surface area contributed by atoms with E-state index in [2.05, 4.69) is 6.92 Å². The lowest BCUT2D eigenvalue weighted by atomic mass is 10.2. The molecule has 1 aliphatic rings. The zero-order valence-corrected chi connectivity index (χ0v) is 11.0. The Morgan fingerprint density at radius 3 is 2.56 bits per heavy atom. The molecule has 0 spiro atoms. The van der Waals surface area contributed by atoms with E-state index in [4.69, 9.17) is 10.5 Å². The van der Waals surface area contributed by atoms with Crippen LogP contribution in [0.2, 0.25) is 0 Å². The summed E-state index contributed by atoms with van der Waals surface area (Å²) in [6, 6.07) is 0. The molecule has 1 rings (SSSR count). The molecule has 16 heavy (non-hydrogen) atoms. The van der Waals surface area contributed by atoms with Gasteiger partial charge in [-0.1, -0.05) is 6.92 Å². The summed E-state index contributed by atoms with van der Waals surface area (Å²) in [6.45, 7) is 6.18. The molecule has 1 fully saturated rings. The number of nitrogens with two attached hydrogens (primary N) is 1. The SMILES string of the molecule is CCCN(CC)C(=O)[C@@H]1CC[C@H](CN)O1.Cl. The van der Waals surface area contributed by atoms with Crippen LogP contribution in [0.5, 0.6) is 0 Å². The highest BCUT2D eigenvalue weighted by Crippen LogP contribution is 2.20. The quantitative estimate of drug-likeness (QED) is 0.797. The molecule has 2 atom stereocenters. The number of nitrogens with zero attached hydrogens (tertiary/aromatic N) is 1. The first-order valence-corrected chi connectivity index (χ1v) is 5.87. The normalized spacial score (nSPS) is 23.9. The highest BCUT2D eigenvalue weighted by atomic mass is 35.5. The smallest absolute Gasteiger partial charge is 0.251 e. The zero-order valence-electron chi connectivity index (χ0n) is 10.1. The molecule has 0 aliphatic carbocycles. The minimum absolute atomic E-state index is 0. The molecule has 0 aromatic heterocycles. The van der Waals surface area contributed by atoms with Gasteiger partial charge in [0.1, 0.15) is 6.10 Å². The summed E-state index contributed by atoms with van der Waals surface area (Å²) in [6.07, 6.45) is 2.56. The molecule has 0 saturated carbocycles. The zero-order chi connectivity index (χ0) is 11.3. The highest BCUT2D eigenvalue weighted by molar-refractivity contribution is 5.85. The van der Waals surface area contributed by atoms with Crippen LogP contribution in [0.4, 0.5) is 0 Å². The van der Waals surface area contributed by atoms with Crippen molar-refractivity contribution in [3.8, 4) is 0 Å². The van der Waals surface area contributed by atoms with Gasteiger partial charge >= 0.3 is 0 Å². The van der Waals surface area contributed by atoms with Crippen molar-refractivity contribution < 1.29 is 9.53 Å². The molecule has 4 nitrogen and oxygen atoms in total. The lowest BCUT2D eigenvalue weighted by molar-refractivity contribution is -0.142. The van der Waals surface area contributed by atoms with Gasteiger partial charge in [-0.2, -0.15) is 0 Å². The molecule has 1 saturated heterocycles. The summed E-state index contributed by atoms with van der Waals surface area (Å²) in [4.78, 5) is 13.9. The number of carbonyl (C=O) groups is 1. The molecule has 2 N–H and O–H groups in total. The Bertz CT molecular complexity index is 214. The largest absolute Gasteiger partial charge is 0.364 e. The van der Waals surface area contributed by atoms with Crippen LogP contribution in [0.25, 0.3) is 0 Å². The lowest BCUT2D eigenvalue weighted by Gasteiger charge is -2.23. The fourth-order valence-electron chi connectivity index (χ4n) is 1.96. The van der Waals surface area contributed by atoms with Crippen LogP contribution in [0.1, 0.15) is 33.1 Å². The Balaban J connectivity index is 0.00000225. The van der Waals surface area contributed by atoms with E-state index in [9.17, 15) is 4.79 Å². The fraction of sp³-hybridized carbons (Fsp3) is 0.909. The summed E-state index contributed by atoms with van der Waals surface area (Å²) in [5.41, 5.74) is 5.51. The number of halogens is 1. The molecule has 0 bridgehead atoms. The van der Waals surface area contributed by atoms with Gasteiger partial charge < -0.3 is 15.4 Å². The van der Waals surface area contributed by atoms with Gasteiger partial charge in [-0.05, 0) is 26.2 Å². The third kappa shape index (κ3) is 3.92. The first kappa shape index (κ1) is 15.7. The van der Waals surface area contributed by atoms with Gasteiger partial charge in [0.05, 0.1) is 6.10 Å². The van der Waals surface area contributed by atoms with E-state index in [-0.39, 0.29) is 30.5 Å². The summed E-state index contributed by atoms with van der Waals surface area (Å²) < 4.78 is 5.59. The topological polar surface area (TPSA) is 55.6 Å². The number of rotatable bonds is 5. The predicted molar refractivity (Wildman–Crippen MR) is 66.7 cm³/mol. The molecule has 0 aromatic carbocycles. The number of ether oxygens (including phenoxy) is 1. The van der Waals surface area contributed by atoms with E-state index >= 15 is 0 Å². The molecule has 1 heterocycles. The summed E-state index contributed by atoms with van der Waals surface area (Å²) in [7, 11) is 0. The van der Waals surface area contributed by atoms with Crippen LogP contribution in [-0.4, -0.2) is 42.6 Å². The molecule has 1 aliphatic heterocycles. The number of carbonyl (C=O) groups excluding carboxylic acids is 1. The molecule has 1 amide bonds. The van der Waals surface area contributed by atoms with Crippen molar-refractivity contribution in [2.24, 2.45) is 5.73 Å². The maximum Gasteiger partial charge on any atom is 0.251 e. The Hall–Kier alpha value is -0.320. The van der Waals surface area contributed by atoms with Crippen molar-refractivity contribution >= 4 is 18.3 Å². The third-order valence-corrected chi connectivity index (χ3v) is 2.83. The summed E-state index contributed by atoms with van der Waals surface area (Å²) in [5.74, 6) is 0.135. The maximum atomic E-state index is 12.0. The van der Waals surface area contributed by atoms with Gasteiger partial charge in [0.15, 0.2) is 0 Å². The van der Waals surface area contributed by atoms with Gasteiger partial charge in [0.2, 0.25) is 0 Å². The predicted octanol–water partition coefficient (Wildman–Crippen LogP) is 1.17. The van der Waals surface area contributed by atoms with Crippen LogP contribution in [-0.2, 0) is 9.53 Å². The summed E-state index contributed by atoms with van der Waals surface area (Å²) >= 11 is 0. The monoisotopic (exact) mass is 250 g/mol. The molecule has 0 aromatic rings. The first-order chi connectivity index (χ1) is 7.22. The van der Waals surface area contributed by atoms with E-state index in [1.807, 2.05) is 11.8 Å². The Morgan fingerprint density at radius 1 is 1.44 bits per heavy atom. The second kappa shape index (κ2) is 7.87. The average Bonchev–Trinajstić information content (AvgIpc) is 2.73. The highest BCUT2D eigenvalue weighted by Gasteiger charge is 2.31. The number of hydrogen-bond acceptors (Lipinski definition) is 3. The molecular formula is C11H23ClN2O2. The minimum atomic E-state index is -0.245. The lowest BCUT2D eigenvalue weighted by Crippen LogP contribution is -2.40. The van der Waals surface area contributed by atoms with E-state index < -0.39 is 0 Å². The van der Waals surface area contributed by atoms with Crippen LogP contribution in [0, 0.1) is 0 Å². The van der Waals surface area contributed by atoms with Crippen molar-refractivity contribution in [1.82, 2.24) is 4.90 Å². The Kier molecular flexibility index (Phi) is 7.72. The third-order valence-electron chi connectivity index (χ3n) is 2.83. The van der Waals surface area contributed by atoms with E-state index in [1.165, 1.54) is 0 Å². The molecule has 0 radical (unpaired) electrons. The first-order valence-electron chi connectivity index (χ1n) is 5.87. The van der Waals surface area contributed by atoms with Gasteiger partial charge in [-0.15, -0.1) is 12.4 Å². The molecular weight excluding hydrogens is 228 g/mol. The van der Waals surface area contributed by atoms with Crippen LogP contribution >= 0.6 is 12.4 Å². The Morgan fingerprint density at radius 2 is 2.12 bits per heavy atom. The van der Waals surface area contributed by atoms with Gasteiger partial charge in [0, 0.05) is 19.6 Å². The molecule has 5 heteroatoms. The van der Waals surface area contributed by atoms with E-state index in [0.29, 0.717) is 6.54 Å². The van der Waals surface area contributed by atoms with Crippen molar-refractivity contribution in [2.75, 3.05) is 19.6 Å². The van der Waals surface area contributed by atoms with Crippen LogP contribution < -0.4 is 5.73 Å². The van der Waals surface area contributed by atoms with Crippen molar-refractivity contribution in [3.63, 3.8) is 0 Å². The number of hydrogen-bond donors (Lipinski definition) is 1. The van der Waals surface area contributed by atoms with Crippen LogP contribution in [0.3, 0.4) is 0 Å². The number of likely N-dealkylation sites (N-methyl/N-ethyl adjacent to an activating group) is 1.